The molecule has 2 heterocycles. The van der Waals surface area contributed by atoms with E-state index in [0.717, 1.165) is 19.6 Å². The Morgan fingerprint density at radius 2 is 1.73 bits per heavy atom. The number of piperazine rings is 1. The number of benzene rings is 2. The van der Waals surface area contributed by atoms with Crippen molar-refractivity contribution < 1.29 is 18.3 Å². The van der Waals surface area contributed by atoms with E-state index >= 15 is 0 Å². The molecular formula is C22H24F2N6O2S. The summed E-state index contributed by atoms with van der Waals surface area (Å²) in [7, 11) is 0. The summed E-state index contributed by atoms with van der Waals surface area (Å²) in [5, 5.41) is 8.52. The van der Waals surface area contributed by atoms with Crippen molar-refractivity contribution in [2.45, 2.75) is 18.3 Å². The molecule has 0 unspecified atom stereocenters. The molecule has 3 aromatic rings. The van der Waals surface area contributed by atoms with Gasteiger partial charge in [-0.1, -0.05) is 42.1 Å². The maximum atomic E-state index is 12.7. The highest BCUT2D eigenvalue weighted by molar-refractivity contribution is 7.99. The fraction of sp³-hybridized carbons (Fsp3) is 0.318. The van der Waals surface area contributed by atoms with Crippen LogP contribution in [0.5, 0.6) is 5.75 Å². The maximum Gasteiger partial charge on any atom is 0.387 e. The van der Waals surface area contributed by atoms with Gasteiger partial charge in [0.15, 0.2) is 5.82 Å². The molecule has 0 bridgehead atoms. The van der Waals surface area contributed by atoms with Crippen LogP contribution in [-0.4, -0.2) is 69.1 Å². The minimum absolute atomic E-state index is 0.0254. The number of hydrogen-bond acceptors (Lipinski definition) is 7. The zero-order valence-corrected chi connectivity index (χ0v) is 18.6. The minimum atomic E-state index is -2.89. The average molecular weight is 475 g/mol. The Morgan fingerprint density at radius 3 is 2.39 bits per heavy atom. The first-order valence-electron chi connectivity index (χ1n) is 10.4. The summed E-state index contributed by atoms with van der Waals surface area (Å²) in [4.78, 5) is 16.9. The molecule has 1 saturated heterocycles. The number of alkyl halides is 2. The topological polar surface area (TPSA) is 89.5 Å². The van der Waals surface area contributed by atoms with E-state index < -0.39 is 6.61 Å². The summed E-state index contributed by atoms with van der Waals surface area (Å²) >= 11 is 1.21. The average Bonchev–Trinajstić information content (AvgIpc) is 3.19. The van der Waals surface area contributed by atoms with Crippen molar-refractivity contribution >= 4 is 17.7 Å². The Morgan fingerprint density at radius 1 is 1.03 bits per heavy atom. The summed E-state index contributed by atoms with van der Waals surface area (Å²) in [6, 6.07) is 16.2. The molecule has 1 fully saturated rings. The van der Waals surface area contributed by atoms with Gasteiger partial charge in [0.05, 0.1) is 5.75 Å². The first kappa shape index (κ1) is 23.0. The fourth-order valence-electron chi connectivity index (χ4n) is 3.57. The second kappa shape index (κ2) is 10.6. The summed E-state index contributed by atoms with van der Waals surface area (Å²) < 4.78 is 30.2. The number of amides is 1. The number of aromatic nitrogens is 3. The number of nitrogen functional groups attached to an aromatic ring is 1. The largest absolute Gasteiger partial charge is 0.435 e. The molecule has 11 heteroatoms. The third-order valence-electron chi connectivity index (χ3n) is 5.30. The van der Waals surface area contributed by atoms with Crippen LogP contribution in [0.25, 0.3) is 11.4 Å². The molecule has 0 atom stereocenters. The van der Waals surface area contributed by atoms with Gasteiger partial charge in [-0.05, 0) is 29.8 Å². The second-order valence-electron chi connectivity index (χ2n) is 7.51. The van der Waals surface area contributed by atoms with Gasteiger partial charge in [-0.2, -0.15) is 8.78 Å². The highest BCUT2D eigenvalue weighted by Crippen LogP contribution is 2.24. The van der Waals surface area contributed by atoms with Crippen LogP contribution in [0.3, 0.4) is 0 Å². The molecule has 1 aromatic heterocycles. The number of carbonyl (C=O) groups excluding carboxylic acids is 1. The molecule has 1 aliphatic rings. The predicted molar refractivity (Wildman–Crippen MR) is 121 cm³/mol. The van der Waals surface area contributed by atoms with Gasteiger partial charge >= 0.3 is 6.61 Å². The molecular weight excluding hydrogens is 450 g/mol. The van der Waals surface area contributed by atoms with E-state index in [0.29, 0.717) is 29.6 Å². The molecule has 0 radical (unpaired) electrons. The van der Waals surface area contributed by atoms with E-state index in [1.54, 1.807) is 12.1 Å². The molecule has 1 amide bonds. The molecule has 0 spiro atoms. The standard InChI is InChI=1S/C22H24F2N6O2S/c23-21(24)32-18-8-6-17(7-9-18)20-26-27-22(30(20)25)33-15-19(31)29-12-10-28(11-13-29)14-16-4-2-1-3-5-16/h1-9,21H,10-15,25H2. The van der Waals surface area contributed by atoms with Crippen molar-refractivity contribution in [3.8, 4) is 17.1 Å². The van der Waals surface area contributed by atoms with E-state index in [4.69, 9.17) is 5.84 Å². The lowest BCUT2D eigenvalue weighted by atomic mass is 10.2. The fourth-order valence-corrected chi connectivity index (χ4v) is 4.33. The van der Waals surface area contributed by atoms with Crippen molar-refractivity contribution in [3.63, 3.8) is 0 Å². The zero-order valence-electron chi connectivity index (χ0n) is 17.8. The lowest BCUT2D eigenvalue weighted by Crippen LogP contribution is -2.48. The van der Waals surface area contributed by atoms with Gasteiger partial charge in [0.1, 0.15) is 5.75 Å². The molecule has 2 N–H and O–H groups in total. The Balaban J connectivity index is 1.27. The van der Waals surface area contributed by atoms with Gasteiger partial charge in [0.2, 0.25) is 11.1 Å². The zero-order chi connectivity index (χ0) is 23.2. The molecule has 0 aliphatic carbocycles. The molecule has 1 aliphatic heterocycles. The Hall–Kier alpha value is -3.18. The van der Waals surface area contributed by atoms with E-state index in [2.05, 4.69) is 32.0 Å². The maximum absolute atomic E-state index is 12.7. The quantitative estimate of drug-likeness (QED) is 0.397. The van der Waals surface area contributed by atoms with Crippen molar-refractivity contribution in [2.75, 3.05) is 37.8 Å². The number of thioether (sulfide) groups is 1. The summed E-state index contributed by atoms with van der Waals surface area (Å²) in [6.45, 7) is 1.01. The second-order valence-corrected chi connectivity index (χ2v) is 8.45. The van der Waals surface area contributed by atoms with Gasteiger partial charge < -0.3 is 15.5 Å². The third-order valence-corrected chi connectivity index (χ3v) is 6.23. The number of rotatable bonds is 8. The number of carbonyl (C=O) groups is 1. The molecule has 2 aromatic carbocycles. The van der Waals surface area contributed by atoms with Gasteiger partial charge in [0, 0.05) is 38.3 Å². The number of hydrogen-bond donors (Lipinski definition) is 1. The Bertz CT molecular complexity index is 1060. The molecule has 8 nitrogen and oxygen atoms in total. The van der Waals surface area contributed by atoms with Crippen LogP contribution in [-0.2, 0) is 11.3 Å². The van der Waals surface area contributed by atoms with Crippen LogP contribution in [0, 0.1) is 0 Å². The summed E-state index contributed by atoms with van der Waals surface area (Å²) in [5.74, 6) is 6.73. The molecule has 33 heavy (non-hydrogen) atoms. The van der Waals surface area contributed by atoms with Gasteiger partial charge in [-0.25, -0.2) is 4.68 Å². The Kier molecular flexibility index (Phi) is 7.40. The first-order chi connectivity index (χ1) is 16.0. The third kappa shape index (κ3) is 5.99. The van der Waals surface area contributed by atoms with Crippen LogP contribution in [0.4, 0.5) is 8.78 Å². The predicted octanol–water partition coefficient (Wildman–Crippen LogP) is 2.70. The van der Waals surface area contributed by atoms with Crippen molar-refractivity contribution in [1.29, 1.82) is 0 Å². The summed E-state index contributed by atoms with van der Waals surface area (Å²) in [5.41, 5.74) is 1.86. The lowest BCUT2D eigenvalue weighted by Gasteiger charge is -2.34. The van der Waals surface area contributed by atoms with Gasteiger partial charge in [-0.15, -0.1) is 10.2 Å². The van der Waals surface area contributed by atoms with Crippen molar-refractivity contribution in [1.82, 2.24) is 24.7 Å². The van der Waals surface area contributed by atoms with Gasteiger partial charge in [0.25, 0.3) is 0 Å². The van der Waals surface area contributed by atoms with Crippen molar-refractivity contribution in [2.24, 2.45) is 0 Å². The number of ether oxygens (including phenoxy) is 1. The highest BCUT2D eigenvalue weighted by atomic mass is 32.2. The number of nitrogens with two attached hydrogens (primary N) is 1. The van der Waals surface area contributed by atoms with E-state index in [1.807, 2.05) is 23.1 Å². The van der Waals surface area contributed by atoms with Gasteiger partial charge in [-0.3, -0.25) is 9.69 Å². The highest BCUT2D eigenvalue weighted by Gasteiger charge is 2.22. The number of nitrogens with zero attached hydrogens (tertiary/aromatic N) is 5. The normalized spacial score (nSPS) is 14.6. The van der Waals surface area contributed by atoms with Crippen LogP contribution >= 0.6 is 11.8 Å². The Labute approximate surface area is 194 Å². The minimum Gasteiger partial charge on any atom is -0.435 e. The van der Waals surface area contributed by atoms with Crippen LogP contribution in [0.1, 0.15) is 5.56 Å². The first-order valence-corrected chi connectivity index (χ1v) is 11.4. The molecule has 4 rings (SSSR count). The summed E-state index contributed by atoms with van der Waals surface area (Å²) in [6.07, 6.45) is 0. The number of halogens is 2. The van der Waals surface area contributed by atoms with Crippen LogP contribution in [0.15, 0.2) is 59.8 Å². The molecule has 0 saturated carbocycles. The van der Waals surface area contributed by atoms with Crippen LogP contribution < -0.4 is 10.6 Å². The van der Waals surface area contributed by atoms with E-state index in [1.165, 1.54) is 34.1 Å². The SMILES string of the molecule is Nn1c(SCC(=O)N2CCN(Cc3ccccc3)CC2)nnc1-c1ccc(OC(F)F)cc1. The molecule has 174 valence electrons. The van der Waals surface area contributed by atoms with Crippen LogP contribution in [0.2, 0.25) is 0 Å². The van der Waals surface area contributed by atoms with E-state index in [-0.39, 0.29) is 17.4 Å². The monoisotopic (exact) mass is 474 g/mol. The van der Waals surface area contributed by atoms with E-state index in [9.17, 15) is 13.6 Å². The van der Waals surface area contributed by atoms with Crippen molar-refractivity contribution in [3.05, 3.63) is 60.2 Å². The lowest BCUT2D eigenvalue weighted by molar-refractivity contribution is -0.130. The smallest absolute Gasteiger partial charge is 0.387 e.